The van der Waals surface area contributed by atoms with E-state index in [-0.39, 0.29) is 28.4 Å². The van der Waals surface area contributed by atoms with E-state index in [0.29, 0.717) is 12.1 Å². The molecule has 100 valence electrons. The number of hydrogen-bond acceptors (Lipinski definition) is 4. The van der Waals surface area contributed by atoms with Crippen LogP contribution < -0.4 is 5.32 Å². The van der Waals surface area contributed by atoms with Gasteiger partial charge in [0.15, 0.2) is 0 Å². The van der Waals surface area contributed by atoms with Crippen LogP contribution in [0, 0.1) is 10.1 Å². The van der Waals surface area contributed by atoms with Crippen LogP contribution in [-0.4, -0.2) is 22.7 Å². The largest absolute Gasteiger partial charge is 0.396 e. The van der Waals surface area contributed by atoms with Crippen molar-refractivity contribution in [2.45, 2.75) is 25.8 Å². The number of aliphatic hydroxyl groups is 1. The first-order chi connectivity index (χ1) is 8.49. The minimum absolute atomic E-state index is 0.0145. The van der Waals surface area contributed by atoms with Crippen molar-refractivity contribution in [1.82, 2.24) is 0 Å². The van der Waals surface area contributed by atoms with Gasteiger partial charge in [-0.25, -0.2) is 0 Å². The van der Waals surface area contributed by atoms with Gasteiger partial charge in [0.25, 0.3) is 5.69 Å². The van der Waals surface area contributed by atoms with Gasteiger partial charge in [0.1, 0.15) is 5.69 Å². The Bertz CT molecular complexity index is 441. The molecule has 0 heterocycles. The zero-order valence-electron chi connectivity index (χ0n) is 9.82. The average molecular weight is 293 g/mol. The number of rotatable bonds is 6. The number of halogens is 2. The molecule has 0 spiro atoms. The third-order valence-electron chi connectivity index (χ3n) is 2.57. The SMILES string of the molecule is CCC(CCO)Nc1cc(Cl)c(Cl)cc1[N+](=O)[O-]. The molecule has 2 N–H and O–H groups in total. The Morgan fingerprint density at radius 3 is 2.56 bits per heavy atom. The maximum absolute atomic E-state index is 10.9. The second kappa shape index (κ2) is 6.78. The Hall–Kier alpha value is -1.04. The van der Waals surface area contributed by atoms with E-state index in [0.717, 1.165) is 6.42 Å². The zero-order valence-corrected chi connectivity index (χ0v) is 11.3. The lowest BCUT2D eigenvalue weighted by molar-refractivity contribution is -0.384. The first-order valence-electron chi connectivity index (χ1n) is 5.50. The van der Waals surface area contributed by atoms with Crippen LogP contribution in [0.2, 0.25) is 10.0 Å². The molecule has 1 atom stereocenters. The minimum Gasteiger partial charge on any atom is -0.396 e. The lowest BCUT2D eigenvalue weighted by atomic mass is 10.1. The van der Waals surface area contributed by atoms with E-state index in [1.165, 1.54) is 12.1 Å². The molecule has 0 saturated heterocycles. The highest BCUT2D eigenvalue weighted by molar-refractivity contribution is 6.42. The number of nitro benzene ring substituents is 1. The number of benzene rings is 1. The van der Waals surface area contributed by atoms with Crippen LogP contribution in [0.25, 0.3) is 0 Å². The number of anilines is 1. The summed E-state index contributed by atoms with van der Waals surface area (Å²) in [5, 5.41) is 23.2. The van der Waals surface area contributed by atoms with Crippen LogP contribution in [0.5, 0.6) is 0 Å². The number of nitrogens with zero attached hydrogens (tertiary/aromatic N) is 1. The van der Waals surface area contributed by atoms with E-state index in [1.54, 1.807) is 0 Å². The van der Waals surface area contributed by atoms with Crippen molar-refractivity contribution in [1.29, 1.82) is 0 Å². The fraction of sp³-hybridized carbons (Fsp3) is 0.455. The molecule has 0 saturated carbocycles. The topological polar surface area (TPSA) is 75.4 Å². The molecular weight excluding hydrogens is 279 g/mol. The van der Waals surface area contributed by atoms with Crippen molar-refractivity contribution >= 4 is 34.6 Å². The van der Waals surface area contributed by atoms with E-state index in [2.05, 4.69) is 5.32 Å². The molecule has 0 aliphatic heterocycles. The highest BCUT2D eigenvalue weighted by atomic mass is 35.5. The summed E-state index contributed by atoms with van der Waals surface area (Å²) >= 11 is 11.6. The third kappa shape index (κ3) is 3.73. The van der Waals surface area contributed by atoms with E-state index in [9.17, 15) is 10.1 Å². The van der Waals surface area contributed by atoms with Gasteiger partial charge in [0, 0.05) is 18.7 Å². The maximum atomic E-state index is 10.9. The van der Waals surface area contributed by atoms with Crippen molar-refractivity contribution in [2.75, 3.05) is 11.9 Å². The number of nitro groups is 1. The van der Waals surface area contributed by atoms with Gasteiger partial charge in [-0.1, -0.05) is 30.1 Å². The standard InChI is InChI=1S/C11H14Cl2N2O3/c1-2-7(3-4-16)14-10-5-8(12)9(13)6-11(10)15(17)18/h5-7,14,16H,2-4H2,1H3. The van der Waals surface area contributed by atoms with Gasteiger partial charge in [-0.05, 0) is 18.9 Å². The summed E-state index contributed by atoms with van der Waals surface area (Å²) in [7, 11) is 0. The van der Waals surface area contributed by atoms with Crippen LogP contribution in [0.15, 0.2) is 12.1 Å². The molecule has 0 amide bonds. The number of nitrogens with one attached hydrogen (secondary N) is 1. The van der Waals surface area contributed by atoms with E-state index < -0.39 is 4.92 Å². The Morgan fingerprint density at radius 1 is 1.44 bits per heavy atom. The van der Waals surface area contributed by atoms with Crippen molar-refractivity contribution in [2.24, 2.45) is 0 Å². The lowest BCUT2D eigenvalue weighted by Gasteiger charge is -2.17. The summed E-state index contributed by atoms with van der Waals surface area (Å²) in [6.07, 6.45) is 1.24. The Morgan fingerprint density at radius 2 is 2.06 bits per heavy atom. The molecule has 0 radical (unpaired) electrons. The predicted molar refractivity (Wildman–Crippen MR) is 72.5 cm³/mol. The summed E-state index contributed by atoms with van der Waals surface area (Å²) in [5.41, 5.74) is 0.190. The van der Waals surface area contributed by atoms with Crippen LogP contribution in [0.3, 0.4) is 0 Å². The molecule has 7 heteroatoms. The van der Waals surface area contributed by atoms with Crippen LogP contribution in [0.1, 0.15) is 19.8 Å². The molecular formula is C11H14Cl2N2O3. The molecule has 18 heavy (non-hydrogen) atoms. The molecule has 0 fully saturated rings. The van der Waals surface area contributed by atoms with Gasteiger partial charge in [-0.2, -0.15) is 0 Å². The van der Waals surface area contributed by atoms with Crippen molar-refractivity contribution in [3.05, 3.63) is 32.3 Å². The van der Waals surface area contributed by atoms with Gasteiger partial charge in [0.05, 0.1) is 15.0 Å². The first-order valence-corrected chi connectivity index (χ1v) is 6.26. The molecule has 0 aliphatic rings. The molecule has 5 nitrogen and oxygen atoms in total. The second-order valence-electron chi connectivity index (χ2n) is 3.80. The first kappa shape index (κ1) is 15.0. The fourth-order valence-corrected chi connectivity index (χ4v) is 1.88. The van der Waals surface area contributed by atoms with Gasteiger partial charge in [-0.15, -0.1) is 0 Å². The highest BCUT2D eigenvalue weighted by Crippen LogP contribution is 2.34. The zero-order chi connectivity index (χ0) is 13.7. The van der Waals surface area contributed by atoms with Gasteiger partial charge >= 0.3 is 0 Å². The minimum atomic E-state index is -0.518. The maximum Gasteiger partial charge on any atom is 0.293 e. The van der Waals surface area contributed by atoms with Crippen LogP contribution in [0.4, 0.5) is 11.4 Å². The highest BCUT2D eigenvalue weighted by Gasteiger charge is 2.19. The normalized spacial score (nSPS) is 12.2. The van der Waals surface area contributed by atoms with E-state index >= 15 is 0 Å². The fourth-order valence-electron chi connectivity index (χ4n) is 1.56. The molecule has 1 aromatic carbocycles. The van der Waals surface area contributed by atoms with Crippen molar-refractivity contribution in [3.63, 3.8) is 0 Å². The Labute approximate surface area is 115 Å². The number of hydrogen-bond donors (Lipinski definition) is 2. The van der Waals surface area contributed by atoms with Gasteiger partial charge < -0.3 is 10.4 Å². The molecule has 0 bridgehead atoms. The third-order valence-corrected chi connectivity index (χ3v) is 3.29. The van der Waals surface area contributed by atoms with Crippen LogP contribution >= 0.6 is 23.2 Å². The molecule has 1 rings (SSSR count). The van der Waals surface area contributed by atoms with E-state index in [4.69, 9.17) is 28.3 Å². The smallest absolute Gasteiger partial charge is 0.293 e. The second-order valence-corrected chi connectivity index (χ2v) is 4.62. The predicted octanol–water partition coefficient (Wildman–Crippen LogP) is 3.47. The molecule has 0 aliphatic carbocycles. The summed E-state index contributed by atoms with van der Waals surface area (Å²) in [5.74, 6) is 0. The van der Waals surface area contributed by atoms with Crippen LogP contribution in [-0.2, 0) is 0 Å². The van der Waals surface area contributed by atoms with Crippen molar-refractivity contribution < 1.29 is 10.0 Å². The van der Waals surface area contributed by atoms with Gasteiger partial charge in [-0.3, -0.25) is 10.1 Å². The molecule has 1 aromatic rings. The molecule has 1 unspecified atom stereocenters. The summed E-state index contributed by atoms with van der Waals surface area (Å²) in [6, 6.07) is 2.60. The quantitative estimate of drug-likeness (QED) is 0.622. The van der Waals surface area contributed by atoms with E-state index in [1.807, 2.05) is 6.92 Å². The summed E-state index contributed by atoms with van der Waals surface area (Å²) in [4.78, 5) is 10.4. The summed E-state index contributed by atoms with van der Waals surface area (Å²) in [6.45, 7) is 1.94. The Kier molecular flexibility index (Phi) is 5.65. The van der Waals surface area contributed by atoms with Gasteiger partial charge in [0.2, 0.25) is 0 Å². The Balaban J connectivity index is 3.06. The summed E-state index contributed by atoms with van der Waals surface area (Å²) < 4.78 is 0. The lowest BCUT2D eigenvalue weighted by Crippen LogP contribution is -2.20. The monoisotopic (exact) mass is 292 g/mol. The average Bonchev–Trinajstić information content (AvgIpc) is 2.32. The van der Waals surface area contributed by atoms with Crippen molar-refractivity contribution in [3.8, 4) is 0 Å². The molecule has 0 aromatic heterocycles. The number of aliphatic hydroxyl groups excluding tert-OH is 1.